The number of benzene rings is 2. The SMILES string of the molecule is Cc1ccc(SCCNC(=O)COC(=O)c2cccc(N(C)C)c2)cc1. The van der Waals surface area contributed by atoms with Gasteiger partial charge in [-0.3, -0.25) is 4.79 Å². The van der Waals surface area contributed by atoms with Crippen LogP contribution in [0.2, 0.25) is 0 Å². The van der Waals surface area contributed by atoms with E-state index in [2.05, 4.69) is 29.6 Å². The van der Waals surface area contributed by atoms with Gasteiger partial charge < -0.3 is 15.0 Å². The predicted octanol–water partition coefficient (Wildman–Crippen LogP) is 3.13. The Morgan fingerprint density at radius 2 is 1.85 bits per heavy atom. The number of hydrogen-bond donors (Lipinski definition) is 1. The first-order valence-corrected chi connectivity index (χ1v) is 9.35. The highest BCUT2D eigenvalue weighted by Gasteiger charge is 2.11. The van der Waals surface area contributed by atoms with E-state index in [9.17, 15) is 9.59 Å². The summed E-state index contributed by atoms with van der Waals surface area (Å²) in [6.45, 7) is 2.29. The Bertz CT molecular complexity index is 745. The van der Waals surface area contributed by atoms with Gasteiger partial charge in [-0.15, -0.1) is 11.8 Å². The van der Waals surface area contributed by atoms with Crippen LogP contribution in [0.25, 0.3) is 0 Å². The maximum atomic E-state index is 12.0. The molecule has 5 nitrogen and oxygen atoms in total. The quantitative estimate of drug-likeness (QED) is 0.438. The Hall–Kier alpha value is -2.47. The van der Waals surface area contributed by atoms with Crippen LogP contribution in [0.5, 0.6) is 0 Å². The van der Waals surface area contributed by atoms with Gasteiger partial charge in [-0.1, -0.05) is 23.8 Å². The van der Waals surface area contributed by atoms with E-state index in [1.165, 1.54) is 5.56 Å². The molecular formula is C20H24N2O3S. The van der Waals surface area contributed by atoms with Crippen molar-refractivity contribution in [2.24, 2.45) is 0 Å². The van der Waals surface area contributed by atoms with E-state index in [-0.39, 0.29) is 12.5 Å². The standard InChI is InChI=1S/C20H24N2O3S/c1-15-7-9-18(10-8-15)26-12-11-21-19(23)14-25-20(24)16-5-4-6-17(13-16)22(2)3/h4-10,13H,11-12,14H2,1-3H3,(H,21,23). The highest BCUT2D eigenvalue weighted by molar-refractivity contribution is 7.99. The number of esters is 1. The van der Waals surface area contributed by atoms with Crippen LogP contribution in [-0.4, -0.2) is 44.9 Å². The number of amides is 1. The Balaban J connectivity index is 1.68. The van der Waals surface area contributed by atoms with Crippen molar-refractivity contribution in [1.29, 1.82) is 0 Å². The van der Waals surface area contributed by atoms with Crippen molar-refractivity contribution >= 4 is 29.3 Å². The number of aryl methyl sites for hydroxylation is 1. The Kier molecular flexibility index (Phi) is 7.53. The monoisotopic (exact) mass is 372 g/mol. The normalized spacial score (nSPS) is 10.3. The summed E-state index contributed by atoms with van der Waals surface area (Å²) in [5, 5.41) is 2.76. The smallest absolute Gasteiger partial charge is 0.338 e. The lowest BCUT2D eigenvalue weighted by atomic mass is 10.2. The molecule has 0 fully saturated rings. The molecule has 0 saturated carbocycles. The Morgan fingerprint density at radius 3 is 2.54 bits per heavy atom. The van der Waals surface area contributed by atoms with Gasteiger partial charge in [-0.25, -0.2) is 4.79 Å². The molecule has 2 aromatic carbocycles. The van der Waals surface area contributed by atoms with E-state index in [0.717, 1.165) is 16.3 Å². The maximum absolute atomic E-state index is 12.0. The molecule has 0 radical (unpaired) electrons. The summed E-state index contributed by atoms with van der Waals surface area (Å²) in [5.74, 6) is -0.0438. The number of anilines is 1. The van der Waals surface area contributed by atoms with Gasteiger partial charge >= 0.3 is 5.97 Å². The van der Waals surface area contributed by atoms with Crippen molar-refractivity contribution in [2.75, 3.05) is 37.9 Å². The third-order valence-electron chi connectivity index (χ3n) is 3.65. The number of carbonyl (C=O) groups is 2. The average molecular weight is 372 g/mol. The highest BCUT2D eigenvalue weighted by atomic mass is 32.2. The lowest BCUT2D eigenvalue weighted by Gasteiger charge is -2.13. The van der Waals surface area contributed by atoms with Crippen LogP contribution >= 0.6 is 11.8 Å². The number of hydrogen-bond acceptors (Lipinski definition) is 5. The fourth-order valence-electron chi connectivity index (χ4n) is 2.17. The molecule has 0 aliphatic rings. The second-order valence-electron chi connectivity index (χ2n) is 6.03. The molecule has 26 heavy (non-hydrogen) atoms. The van der Waals surface area contributed by atoms with Gasteiger partial charge in [-0.05, 0) is 37.3 Å². The molecule has 0 aromatic heterocycles. The van der Waals surface area contributed by atoms with Crippen molar-refractivity contribution in [2.45, 2.75) is 11.8 Å². The van der Waals surface area contributed by atoms with E-state index in [0.29, 0.717) is 12.1 Å². The summed E-state index contributed by atoms with van der Waals surface area (Å²) in [4.78, 5) is 26.9. The van der Waals surface area contributed by atoms with Crippen molar-refractivity contribution in [3.8, 4) is 0 Å². The van der Waals surface area contributed by atoms with Crippen molar-refractivity contribution in [3.63, 3.8) is 0 Å². The molecule has 138 valence electrons. The van der Waals surface area contributed by atoms with E-state index < -0.39 is 5.97 Å². The number of ether oxygens (including phenoxy) is 1. The van der Waals surface area contributed by atoms with Gasteiger partial charge in [0.2, 0.25) is 0 Å². The van der Waals surface area contributed by atoms with Gasteiger partial charge in [0.1, 0.15) is 0 Å². The van der Waals surface area contributed by atoms with Crippen LogP contribution in [0.1, 0.15) is 15.9 Å². The number of nitrogens with zero attached hydrogens (tertiary/aromatic N) is 1. The molecule has 6 heteroatoms. The summed E-state index contributed by atoms with van der Waals surface area (Å²) in [6.07, 6.45) is 0. The zero-order valence-corrected chi connectivity index (χ0v) is 16.1. The van der Waals surface area contributed by atoms with Crippen molar-refractivity contribution in [1.82, 2.24) is 5.32 Å². The molecule has 0 spiro atoms. The molecule has 0 unspecified atom stereocenters. The van der Waals surface area contributed by atoms with Crippen molar-refractivity contribution < 1.29 is 14.3 Å². The number of rotatable bonds is 8. The Morgan fingerprint density at radius 1 is 1.12 bits per heavy atom. The predicted molar refractivity (Wildman–Crippen MR) is 106 cm³/mol. The first kappa shape index (κ1) is 19.8. The number of nitrogens with one attached hydrogen (secondary N) is 1. The summed E-state index contributed by atoms with van der Waals surface area (Å²) in [6, 6.07) is 15.3. The van der Waals surface area contributed by atoms with Gasteiger partial charge in [0, 0.05) is 37.0 Å². The molecule has 0 saturated heterocycles. The first-order chi connectivity index (χ1) is 12.5. The topological polar surface area (TPSA) is 58.6 Å². The van der Waals surface area contributed by atoms with Crippen LogP contribution in [-0.2, 0) is 9.53 Å². The Labute approximate surface area is 158 Å². The molecule has 1 amide bonds. The highest BCUT2D eigenvalue weighted by Crippen LogP contribution is 2.17. The maximum Gasteiger partial charge on any atom is 0.338 e. The second-order valence-corrected chi connectivity index (χ2v) is 7.20. The van der Waals surface area contributed by atoms with Gasteiger partial charge in [0.05, 0.1) is 5.56 Å². The van der Waals surface area contributed by atoms with Crippen LogP contribution in [0, 0.1) is 6.92 Å². The minimum atomic E-state index is -0.502. The second kappa shape index (κ2) is 9.87. The molecule has 2 rings (SSSR count). The summed E-state index contributed by atoms with van der Waals surface area (Å²) in [7, 11) is 3.79. The first-order valence-electron chi connectivity index (χ1n) is 8.36. The fraction of sp³-hybridized carbons (Fsp3) is 0.300. The molecule has 0 atom stereocenters. The molecular weight excluding hydrogens is 348 g/mol. The van der Waals surface area contributed by atoms with Crippen LogP contribution in [0.4, 0.5) is 5.69 Å². The van der Waals surface area contributed by atoms with Gasteiger partial charge in [0.15, 0.2) is 6.61 Å². The largest absolute Gasteiger partial charge is 0.452 e. The van der Waals surface area contributed by atoms with Crippen molar-refractivity contribution in [3.05, 3.63) is 59.7 Å². The van der Waals surface area contributed by atoms with E-state index >= 15 is 0 Å². The molecule has 1 N–H and O–H groups in total. The van der Waals surface area contributed by atoms with E-state index in [1.54, 1.807) is 30.0 Å². The number of thioether (sulfide) groups is 1. The minimum Gasteiger partial charge on any atom is -0.452 e. The summed E-state index contributed by atoms with van der Waals surface area (Å²) >= 11 is 1.67. The lowest BCUT2D eigenvalue weighted by Crippen LogP contribution is -2.30. The van der Waals surface area contributed by atoms with E-state index in [1.807, 2.05) is 32.0 Å². The fourth-order valence-corrected chi connectivity index (χ4v) is 2.94. The zero-order chi connectivity index (χ0) is 18.9. The molecule has 0 bridgehead atoms. The molecule has 0 heterocycles. The minimum absolute atomic E-state index is 0.278. The van der Waals surface area contributed by atoms with E-state index in [4.69, 9.17) is 4.74 Å². The molecule has 0 aliphatic heterocycles. The summed E-state index contributed by atoms with van der Waals surface area (Å²) in [5.41, 5.74) is 2.55. The average Bonchev–Trinajstić information content (AvgIpc) is 2.64. The molecule has 0 aliphatic carbocycles. The third-order valence-corrected chi connectivity index (χ3v) is 4.66. The molecule has 2 aromatic rings. The lowest BCUT2D eigenvalue weighted by molar-refractivity contribution is -0.124. The van der Waals surface area contributed by atoms with Gasteiger partial charge in [-0.2, -0.15) is 0 Å². The zero-order valence-electron chi connectivity index (χ0n) is 15.3. The summed E-state index contributed by atoms with van der Waals surface area (Å²) < 4.78 is 5.08. The van der Waals surface area contributed by atoms with Crippen LogP contribution in [0.3, 0.4) is 0 Å². The van der Waals surface area contributed by atoms with Gasteiger partial charge in [0.25, 0.3) is 5.91 Å². The van der Waals surface area contributed by atoms with Crippen LogP contribution in [0.15, 0.2) is 53.4 Å². The third kappa shape index (κ3) is 6.44. The van der Waals surface area contributed by atoms with Crippen LogP contribution < -0.4 is 10.2 Å². The number of carbonyl (C=O) groups excluding carboxylic acids is 2.